The zero-order valence-corrected chi connectivity index (χ0v) is 9.60. The normalized spacial score (nSPS) is 14.9. The van der Waals surface area contributed by atoms with Crippen LogP contribution >= 0.6 is 0 Å². The number of aryl methyl sites for hydroxylation is 1. The molecule has 0 atom stereocenters. The molecule has 0 saturated heterocycles. The van der Waals surface area contributed by atoms with Gasteiger partial charge in [-0.25, -0.2) is 4.98 Å². The summed E-state index contributed by atoms with van der Waals surface area (Å²) in [5.41, 5.74) is 2.54. The van der Waals surface area contributed by atoms with E-state index in [0.717, 1.165) is 35.6 Å². The van der Waals surface area contributed by atoms with Gasteiger partial charge >= 0.3 is 0 Å². The number of nitrogens with one attached hydrogen (secondary N) is 1. The van der Waals surface area contributed by atoms with Crippen molar-refractivity contribution >= 4 is 0 Å². The lowest BCUT2D eigenvalue weighted by Crippen LogP contribution is -2.10. The lowest BCUT2D eigenvalue weighted by atomic mass is 10.1. The molecule has 0 spiro atoms. The number of rotatable bonds is 2. The van der Waals surface area contributed by atoms with Gasteiger partial charge in [-0.1, -0.05) is 0 Å². The van der Waals surface area contributed by atoms with Gasteiger partial charge in [0, 0.05) is 29.4 Å². The first-order valence-electron chi connectivity index (χ1n) is 5.77. The highest BCUT2D eigenvalue weighted by atomic mass is 16.1. The third kappa shape index (κ3) is 2.11. The molecule has 2 aromatic rings. The summed E-state index contributed by atoms with van der Waals surface area (Å²) in [6.07, 6.45) is 3.99. The molecular formula is C13H13N3O. The summed E-state index contributed by atoms with van der Waals surface area (Å²) in [6, 6.07) is 5.37. The molecular weight excluding hydrogens is 214 g/mol. The van der Waals surface area contributed by atoms with Crippen molar-refractivity contribution in [2.75, 3.05) is 0 Å². The second kappa shape index (κ2) is 3.80. The molecule has 0 bridgehead atoms. The highest BCUT2D eigenvalue weighted by molar-refractivity contribution is 5.58. The average Bonchev–Trinajstić information content (AvgIpc) is 3.12. The monoisotopic (exact) mass is 227 g/mol. The van der Waals surface area contributed by atoms with E-state index in [1.807, 2.05) is 19.1 Å². The van der Waals surface area contributed by atoms with Crippen LogP contribution in [-0.2, 0) is 0 Å². The second-order valence-corrected chi connectivity index (χ2v) is 4.48. The molecule has 1 saturated carbocycles. The number of H-pyrrole nitrogens is 1. The minimum absolute atomic E-state index is 0.0774. The number of nitrogens with zero attached hydrogens (tertiary/aromatic N) is 2. The largest absolute Gasteiger partial charge is 0.310 e. The van der Waals surface area contributed by atoms with Gasteiger partial charge in [0.25, 0.3) is 5.56 Å². The van der Waals surface area contributed by atoms with Gasteiger partial charge in [0.05, 0.1) is 5.69 Å². The van der Waals surface area contributed by atoms with E-state index in [-0.39, 0.29) is 5.56 Å². The average molecular weight is 227 g/mol. The Balaban J connectivity index is 2.10. The van der Waals surface area contributed by atoms with Crippen LogP contribution in [-0.4, -0.2) is 15.0 Å². The van der Waals surface area contributed by atoms with E-state index in [1.165, 1.54) is 0 Å². The van der Waals surface area contributed by atoms with Crippen molar-refractivity contribution in [1.82, 2.24) is 15.0 Å². The molecule has 2 heterocycles. The van der Waals surface area contributed by atoms with Crippen LogP contribution in [0.1, 0.15) is 30.3 Å². The molecule has 2 aromatic heterocycles. The van der Waals surface area contributed by atoms with Gasteiger partial charge in [-0.2, -0.15) is 0 Å². The van der Waals surface area contributed by atoms with Crippen LogP contribution in [0.4, 0.5) is 0 Å². The first kappa shape index (κ1) is 10.2. The predicted molar refractivity (Wildman–Crippen MR) is 64.8 cm³/mol. The Bertz CT molecular complexity index is 614. The number of aromatic amines is 1. The topological polar surface area (TPSA) is 58.6 Å². The third-order valence-electron chi connectivity index (χ3n) is 2.92. The highest BCUT2D eigenvalue weighted by Crippen LogP contribution is 2.37. The Labute approximate surface area is 98.8 Å². The molecule has 0 aromatic carbocycles. The zero-order chi connectivity index (χ0) is 11.8. The van der Waals surface area contributed by atoms with Crippen LogP contribution in [0.5, 0.6) is 0 Å². The quantitative estimate of drug-likeness (QED) is 0.853. The summed E-state index contributed by atoms with van der Waals surface area (Å²) in [7, 11) is 0. The van der Waals surface area contributed by atoms with Crippen molar-refractivity contribution in [1.29, 1.82) is 0 Å². The third-order valence-corrected chi connectivity index (χ3v) is 2.92. The molecule has 1 aliphatic carbocycles. The molecule has 17 heavy (non-hydrogen) atoms. The number of hydrogen-bond donors (Lipinski definition) is 1. The fraction of sp³-hybridized carbons (Fsp3) is 0.308. The maximum Gasteiger partial charge on any atom is 0.251 e. The van der Waals surface area contributed by atoms with E-state index in [0.29, 0.717) is 5.92 Å². The SMILES string of the molecule is Cc1cc(-c2cc(=O)[nH]c(C3CC3)n2)ccn1. The number of hydrogen-bond acceptors (Lipinski definition) is 3. The summed E-state index contributed by atoms with van der Waals surface area (Å²) in [4.78, 5) is 23.1. The van der Waals surface area contributed by atoms with Crippen LogP contribution in [0.3, 0.4) is 0 Å². The molecule has 86 valence electrons. The van der Waals surface area contributed by atoms with Crippen LogP contribution in [0.2, 0.25) is 0 Å². The molecule has 0 amide bonds. The summed E-state index contributed by atoms with van der Waals surface area (Å²) in [5.74, 6) is 1.27. The van der Waals surface area contributed by atoms with Crippen LogP contribution in [0, 0.1) is 6.92 Å². The second-order valence-electron chi connectivity index (χ2n) is 4.48. The molecule has 1 fully saturated rings. The predicted octanol–water partition coefficient (Wildman–Crippen LogP) is 2.02. The van der Waals surface area contributed by atoms with Crippen molar-refractivity contribution in [3.63, 3.8) is 0 Å². The van der Waals surface area contributed by atoms with Gasteiger partial charge in [-0.3, -0.25) is 9.78 Å². The molecule has 0 radical (unpaired) electrons. The maximum atomic E-state index is 11.6. The standard InChI is InChI=1S/C13H13N3O/c1-8-6-10(4-5-14-8)11-7-12(17)16-13(15-11)9-2-3-9/h4-7,9H,2-3H2,1H3,(H,15,16,17). The molecule has 1 aliphatic rings. The first-order valence-corrected chi connectivity index (χ1v) is 5.77. The van der Waals surface area contributed by atoms with E-state index in [2.05, 4.69) is 15.0 Å². The van der Waals surface area contributed by atoms with Crippen LogP contribution in [0.25, 0.3) is 11.3 Å². The molecule has 4 heteroatoms. The van der Waals surface area contributed by atoms with Gasteiger partial charge in [0.1, 0.15) is 5.82 Å². The summed E-state index contributed by atoms with van der Waals surface area (Å²) in [6.45, 7) is 1.93. The Morgan fingerprint density at radius 2 is 2.18 bits per heavy atom. The van der Waals surface area contributed by atoms with Gasteiger partial charge in [0.2, 0.25) is 0 Å². The van der Waals surface area contributed by atoms with Crippen molar-refractivity contribution in [2.45, 2.75) is 25.7 Å². The van der Waals surface area contributed by atoms with Crippen molar-refractivity contribution in [3.05, 3.63) is 46.3 Å². The Hall–Kier alpha value is -1.97. The molecule has 1 N–H and O–H groups in total. The van der Waals surface area contributed by atoms with Gasteiger partial charge in [-0.05, 0) is 31.9 Å². The smallest absolute Gasteiger partial charge is 0.251 e. The van der Waals surface area contributed by atoms with E-state index < -0.39 is 0 Å². The van der Waals surface area contributed by atoms with E-state index in [1.54, 1.807) is 12.3 Å². The summed E-state index contributed by atoms with van der Waals surface area (Å²) < 4.78 is 0. The van der Waals surface area contributed by atoms with E-state index in [4.69, 9.17) is 0 Å². The number of aromatic nitrogens is 3. The Morgan fingerprint density at radius 3 is 2.88 bits per heavy atom. The van der Waals surface area contributed by atoms with Crippen LogP contribution < -0.4 is 5.56 Å². The van der Waals surface area contributed by atoms with Crippen molar-refractivity contribution in [3.8, 4) is 11.3 Å². The zero-order valence-electron chi connectivity index (χ0n) is 9.60. The molecule has 3 rings (SSSR count). The maximum absolute atomic E-state index is 11.6. The van der Waals surface area contributed by atoms with E-state index in [9.17, 15) is 4.79 Å². The molecule has 0 aliphatic heterocycles. The van der Waals surface area contributed by atoms with Gasteiger partial charge in [-0.15, -0.1) is 0 Å². The van der Waals surface area contributed by atoms with Crippen molar-refractivity contribution < 1.29 is 0 Å². The van der Waals surface area contributed by atoms with Gasteiger partial charge in [0.15, 0.2) is 0 Å². The summed E-state index contributed by atoms with van der Waals surface area (Å²) >= 11 is 0. The number of pyridine rings is 1. The summed E-state index contributed by atoms with van der Waals surface area (Å²) in [5, 5.41) is 0. The lowest BCUT2D eigenvalue weighted by molar-refractivity contribution is 0.912. The molecule has 0 unspecified atom stereocenters. The first-order chi connectivity index (χ1) is 8.22. The van der Waals surface area contributed by atoms with Crippen molar-refractivity contribution in [2.24, 2.45) is 0 Å². The lowest BCUT2D eigenvalue weighted by Gasteiger charge is -2.03. The Morgan fingerprint density at radius 1 is 1.35 bits per heavy atom. The minimum Gasteiger partial charge on any atom is -0.310 e. The van der Waals surface area contributed by atoms with E-state index >= 15 is 0 Å². The Kier molecular flexibility index (Phi) is 2.28. The van der Waals surface area contributed by atoms with Crippen LogP contribution in [0.15, 0.2) is 29.2 Å². The fourth-order valence-corrected chi connectivity index (χ4v) is 1.88. The fourth-order valence-electron chi connectivity index (χ4n) is 1.88. The molecule has 4 nitrogen and oxygen atoms in total. The highest BCUT2D eigenvalue weighted by Gasteiger charge is 2.26. The minimum atomic E-state index is -0.0774. The van der Waals surface area contributed by atoms with Gasteiger partial charge < -0.3 is 4.98 Å².